The fourth-order valence-electron chi connectivity index (χ4n) is 0.869. The van der Waals surface area contributed by atoms with Crippen LogP contribution in [0.1, 0.15) is 21.4 Å². The van der Waals surface area contributed by atoms with Crippen molar-refractivity contribution in [2.45, 2.75) is 5.50 Å². The number of hydrogen-bond donors (Lipinski definition) is 1. The van der Waals surface area contributed by atoms with Crippen LogP contribution in [0.2, 0.25) is 0 Å². The van der Waals surface area contributed by atoms with Gasteiger partial charge < -0.3 is 5.73 Å². The van der Waals surface area contributed by atoms with E-state index in [4.69, 9.17) is 17.3 Å². The van der Waals surface area contributed by atoms with Crippen LogP contribution in [0.3, 0.4) is 0 Å². The standard InChI is InChI=1S/C8H8ClNO/c9-8(10)7-4-2-1-3-6(7)5-11/h1-5,8H,10H2. The van der Waals surface area contributed by atoms with Crippen molar-refractivity contribution in [3.05, 3.63) is 35.4 Å². The van der Waals surface area contributed by atoms with E-state index < -0.39 is 5.50 Å². The number of aldehydes is 1. The number of benzene rings is 1. The Morgan fingerprint density at radius 2 is 2.09 bits per heavy atom. The summed E-state index contributed by atoms with van der Waals surface area (Å²) in [5, 5.41) is 0. The van der Waals surface area contributed by atoms with Crippen LogP contribution >= 0.6 is 11.6 Å². The van der Waals surface area contributed by atoms with Crippen LogP contribution in [0.5, 0.6) is 0 Å². The molecule has 0 bridgehead atoms. The lowest BCUT2D eigenvalue weighted by molar-refractivity contribution is 0.112. The topological polar surface area (TPSA) is 43.1 Å². The van der Waals surface area contributed by atoms with Gasteiger partial charge in [0.1, 0.15) is 11.8 Å². The van der Waals surface area contributed by atoms with Crippen molar-refractivity contribution >= 4 is 17.9 Å². The smallest absolute Gasteiger partial charge is 0.150 e. The van der Waals surface area contributed by atoms with E-state index in [1.807, 2.05) is 0 Å². The minimum absolute atomic E-state index is 0.551. The van der Waals surface area contributed by atoms with E-state index >= 15 is 0 Å². The summed E-state index contributed by atoms with van der Waals surface area (Å²) in [4.78, 5) is 10.4. The van der Waals surface area contributed by atoms with Crippen LogP contribution in [-0.4, -0.2) is 6.29 Å². The Morgan fingerprint density at radius 1 is 1.45 bits per heavy atom. The van der Waals surface area contributed by atoms with Gasteiger partial charge in [-0.05, 0) is 5.56 Å². The van der Waals surface area contributed by atoms with Gasteiger partial charge in [0.05, 0.1) is 0 Å². The Hall–Kier alpha value is -0.860. The zero-order valence-corrected chi connectivity index (χ0v) is 6.58. The van der Waals surface area contributed by atoms with Gasteiger partial charge in [-0.3, -0.25) is 4.79 Å². The average molecular weight is 170 g/mol. The van der Waals surface area contributed by atoms with Gasteiger partial charge in [-0.1, -0.05) is 24.3 Å². The van der Waals surface area contributed by atoms with Gasteiger partial charge in [0.15, 0.2) is 0 Å². The highest BCUT2D eigenvalue weighted by atomic mass is 35.5. The molecule has 1 aromatic carbocycles. The second kappa shape index (κ2) is 3.51. The summed E-state index contributed by atoms with van der Waals surface area (Å²) in [6.45, 7) is 0. The van der Waals surface area contributed by atoms with Crippen molar-refractivity contribution in [3.8, 4) is 0 Å². The van der Waals surface area contributed by atoms with Crippen LogP contribution in [0, 0.1) is 0 Å². The molecule has 0 aliphatic rings. The van der Waals surface area contributed by atoms with E-state index in [2.05, 4.69) is 0 Å². The molecule has 2 nitrogen and oxygen atoms in total. The molecule has 1 atom stereocenters. The van der Waals surface area contributed by atoms with Gasteiger partial charge in [-0.2, -0.15) is 0 Å². The number of carbonyl (C=O) groups is 1. The molecule has 0 radical (unpaired) electrons. The highest BCUT2D eigenvalue weighted by Gasteiger charge is 2.05. The monoisotopic (exact) mass is 169 g/mol. The first-order valence-corrected chi connectivity index (χ1v) is 3.63. The molecule has 0 aliphatic heterocycles. The molecule has 58 valence electrons. The highest BCUT2D eigenvalue weighted by Crippen LogP contribution is 2.16. The van der Waals surface area contributed by atoms with Gasteiger partial charge in [0.2, 0.25) is 0 Å². The van der Waals surface area contributed by atoms with E-state index in [0.29, 0.717) is 11.1 Å². The number of halogens is 1. The molecule has 2 N–H and O–H groups in total. The fraction of sp³-hybridized carbons (Fsp3) is 0.125. The summed E-state index contributed by atoms with van der Waals surface area (Å²) in [6.07, 6.45) is 0.748. The molecule has 1 unspecified atom stereocenters. The predicted octanol–water partition coefficient (Wildman–Crippen LogP) is 1.70. The zero-order valence-electron chi connectivity index (χ0n) is 5.83. The molecule has 0 amide bonds. The molecule has 0 saturated carbocycles. The van der Waals surface area contributed by atoms with Crippen LogP contribution in [0.25, 0.3) is 0 Å². The van der Waals surface area contributed by atoms with E-state index in [9.17, 15) is 4.79 Å². The molecule has 0 fully saturated rings. The van der Waals surface area contributed by atoms with E-state index in [0.717, 1.165) is 6.29 Å². The van der Waals surface area contributed by atoms with Crippen LogP contribution < -0.4 is 5.73 Å². The van der Waals surface area contributed by atoms with E-state index in [1.54, 1.807) is 24.3 Å². The minimum atomic E-state index is -0.601. The summed E-state index contributed by atoms with van der Waals surface area (Å²) in [5.41, 5.74) is 6.02. The second-order valence-electron chi connectivity index (χ2n) is 2.15. The zero-order chi connectivity index (χ0) is 8.27. The first-order chi connectivity index (χ1) is 5.25. The number of alkyl halides is 1. The second-order valence-corrected chi connectivity index (χ2v) is 2.62. The Labute approximate surface area is 70.0 Å². The van der Waals surface area contributed by atoms with Gasteiger partial charge in [0, 0.05) is 5.56 Å². The Kier molecular flexibility index (Phi) is 2.63. The quantitative estimate of drug-likeness (QED) is 0.416. The molecule has 0 heterocycles. The average Bonchev–Trinajstić information content (AvgIpc) is 2.04. The van der Waals surface area contributed by atoms with Crippen molar-refractivity contribution in [3.63, 3.8) is 0 Å². The first-order valence-electron chi connectivity index (χ1n) is 3.19. The maximum Gasteiger partial charge on any atom is 0.150 e. The third kappa shape index (κ3) is 1.79. The van der Waals surface area contributed by atoms with Gasteiger partial charge in [-0.15, -0.1) is 11.6 Å². The summed E-state index contributed by atoms with van der Waals surface area (Å²) >= 11 is 5.61. The maximum absolute atomic E-state index is 10.4. The van der Waals surface area contributed by atoms with Crippen molar-refractivity contribution in [1.82, 2.24) is 0 Å². The van der Waals surface area contributed by atoms with E-state index in [-0.39, 0.29) is 0 Å². The molecular weight excluding hydrogens is 162 g/mol. The van der Waals surface area contributed by atoms with Crippen molar-refractivity contribution in [1.29, 1.82) is 0 Å². The van der Waals surface area contributed by atoms with Crippen molar-refractivity contribution in [2.75, 3.05) is 0 Å². The Balaban J connectivity index is 3.12. The van der Waals surface area contributed by atoms with Crippen LogP contribution in [-0.2, 0) is 0 Å². The van der Waals surface area contributed by atoms with Gasteiger partial charge in [0.25, 0.3) is 0 Å². The summed E-state index contributed by atoms with van der Waals surface area (Å²) < 4.78 is 0. The van der Waals surface area contributed by atoms with Crippen LogP contribution in [0.15, 0.2) is 24.3 Å². The molecule has 0 aromatic heterocycles. The summed E-state index contributed by atoms with van der Waals surface area (Å²) in [7, 11) is 0. The number of nitrogens with two attached hydrogens (primary N) is 1. The molecule has 0 spiro atoms. The lowest BCUT2D eigenvalue weighted by Gasteiger charge is -2.04. The minimum Gasteiger partial charge on any atom is -0.312 e. The largest absolute Gasteiger partial charge is 0.312 e. The highest BCUT2D eigenvalue weighted by molar-refractivity contribution is 6.20. The van der Waals surface area contributed by atoms with E-state index in [1.165, 1.54) is 0 Å². The first kappa shape index (κ1) is 8.24. The maximum atomic E-state index is 10.4. The normalized spacial score (nSPS) is 12.5. The predicted molar refractivity (Wildman–Crippen MR) is 44.6 cm³/mol. The molecule has 0 saturated heterocycles. The molecule has 11 heavy (non-hydrogen) atoms. The van der Waals surface area contributed by atoms with Gasteiger partial charge in [-0.25, -0.2) is 0 Å². The Morgan fingerprint density at radius 3 is 2.55 bits per heavy atom. The van der Waals surface area contributed by atoms with Crippen LogP contribution in [0.4, 0.5) is 0 Å². The summed E-state index contributed by atoms with van der Waals surface area (Å²) in [6, 6.07) is 6.99. The number of rotatable bonds is 2. The number of hydrogen-bond acceptors (Lipinski definition) is 2. The molecule has 3 heteroatoms. The lowest BCUT2D eigenvalue weighted by Crippen LogP contribution is -2.04. The third-order valence-corrected chi connectivity index (χ3v) is 1.66. The molecule has 1 rings (SSSR count). The molecule has 1 aromatic rings. The number of carbonyl (C=O) groups excluding carboxylic acids is 1. The summed E-state index contributed by atoms with van der Waals surface area (Å²) in [5.74, 6) is 0. The third-order valence-electron chi connectivity index (χ3n) is 1.42. The molecular formula is C8H8ClNO. The fourth-order valence-corrected chi connectivity index (χ4v) is 1.07. The van der Waals surface area contributed by atoms with Gasteiger partial charge >= 0.3 is 0 Å². The Bertz CT molecular complexity index is 260. The van der Waals surface area contributed by atoms with Crippen molar-refractivity contribution in [2.24, 2.45) is 5.73 Å². The lowest BCUT2D eigenvalue weighted by atomic mass is 10.1. The van der Waals surface area contributed by atoms with Crippen molar-refractivity contribution < 1.29 is 4.79 Å². The SMILES string of the molecule is NC(Cl)c1ccccc1C=O. The molecule has 0 aliphatic carbocycles.